The second-order valence-electron chi connectivity index (χ2n) is 12.3. The summed E-state index contributed by atoms with van der Waals surface area (Å²) in [5, 5.41) is 1.98. The maximum Gasteiger partial charge on any atom is 0.293 e. The fourth-order valence-electron chi connectivity index (χ4n) is 6.54. The molecule has 0 spiro atoms. The van der Waals surface area contributed by atoms with E-state index in [2.05, 4.69) is 106 Å². The highest BCUT2D eigenvalue weighted by Gasteiger charge is 2.32. The van der Waals surface area contributed by atoms with Crippen molar-refractivity contribution in [3.63, 3.8) is 0 Å². The number of halogens is 1. The Labute approximate surface area is 245 Å². The van der Waals surface area contributed by atoms with E-state index >= 15 is 4.39 Å². The number of nitrogens with zero attached hydrogens (tertiary/aromatic N) is 2. The van der Waals surface area contributed by atoms with Gasteiger partial charge in [0.05, 0.1) is 19.7 Å². The van der Waals surface area contributed by atoms with E-state index in [9.17, 15) is 0 Å². The monoisotopic (exact) mass is 553 g/mol. The SMILES string of the molecule is Cc1cc(C(C)(C)C)c2c(oc3c(-c4ccc(-c5ccccc5)cc4)c(F)ccc32)c1-c1n(C)c2ccccc2[n+]1C. The van der Waals surface area contributed by atoms with Crippen molar-refractivity contribution in [3.8, 4) is 33.6 Å². The number of aryl methyl sites for hydroxylation is 3. The third-order valence-corrected chi connectivity index (χ3v) is 8.61. The van der Waals surface area contributed by atoms with Crippen LogP contribution in [0.2, 0.25) is 0 Å². The van der Waals surface area contributed by atoms with Crippen LogP contribution < -0.4 is 4.57 Å². The van der Waals surface area contributed by atoms with E-state index in [0.29, 0.717) is 11.1 Å². The molecule has 0 aliphatic heterocycles. The van der Waals surface area contributed by atoms with Crippen molar-refractivity contribution in [2.45, 2.75) is 33.1 Å². The first-order valence-electron chi connectivity index (χ1n) is 14.4. The summed E-state index contributed by atoms with van der Waals surface area (Å²) < 4.78 is 27.1. The molecule has 0 unspecified atom stereocenters. The molecule has 0 atom stereocenters. The van der Waals surface area contributed by atoms with Gasteiger partial charge in [-0.3, -0.25) is 0 Å². The van der Waals surface area contributed by atoms with Crippen molar-refractivity contribution < 1.29 is 13.4 Å². The molecule has 0 aliphatic carbocycles. The molecule has 0 amide bonds. The van der Waals surface area contributed by atoms with Crippen molar-refractivity contribution in [3.05, 3.63) is 114 Å². The minimum atomic E-state index is -0.292. The summed E-state index contributed by atoms with van der Waals surface area (Å²) in [5.41, 5.74) is 10.4. The molecule has 0 saturated heterocycles. The lowest BCUT2D eigenvalue weighted by Crippen LogP contribution is -2.30. The van der Waals surface area contributed by atoms with Crippen LogP contribution in [0, 0.1) is 12.7 Å². The Hall–Kier alpha value is -4.70. The van der Waals surface area contributed by atoms with Gasteiger partial charge >= 0.3 is 0 Å². The van der Waals surface area contributed by atoms with Gasteiger partial charge in [0.2, 0.25) is 0 Å². The lowest BCUT2D eigenvalue weighted by molar-refractivity contribution is -0.634. The highest BCUT2D eigenvalue weighted by molar-refractivity contribution is 6.15. The van der Waals surface area contributed by atoms with Gasteiger partial charge in [-0.05, 0) is 64.4 Å². The highest BCUT2D eigenvalue weighted by atomic mass is 19.1. The van der Waals surface area contributed by atoms with Gasteiger partial charge in [-0.15, -0.1) is 0 Å². The molecule has 7 rings (SSSR count). The normalized spacial score (nSPS) is 12.2. The zero-order chi connectivity index (χ0) is 29.3. The fraction of sp³-hybridized carbons (Fsp3) is 0.184. The number of hydrogen-bond donors (Lipinski definition) is 0. The lowest BCUT2D eigenvalue weighted by atomic mass is 9.82. The molecule has 0 radical (unpaired) electrons. The van der Waals surface area contributed by atoms with Crippen LogP contribution in [-0.4, -0.2) is 4.57 Å². The number of hydrogen-bond acceptors (Lipinski definition) is 1. The molecule has 7 aromatic rings. The van der Waals surface area contributed by atoms with Crippen LogP contribution in [-0.2, 0) is 19.5 Å². The Morgan fingerprint density at radius 1 is 0.738 bits per heavy atom. The molecule has 0 aliphatic rings. The predicted molar refractivity (Wildman–Crippen MR) is 171 cm³/mol. The Balaban J connectivity index is 1.55. The molecule has 0 bridgehead atoms. The summed E-state index contributed by atoms with van der Waals surface area (Å²) in [4.78, 5) is 0. The number of para-hydroxylation sites is 2. The van der Waals surface area contributed by atoms with Gasteiger partial charge in [0.1, 0.15) is 17.0 Å². The van der Waals surface area contributed by atoms with Gasteiger partial charge in [0, 0.05) is 10.8 Å². The Kier molecular flexibility index (Phi) is 5.88. The van der Waals surface area contributed by atoms with E-state index in [1.807, 2.05) is 36.4 Å². The van der Waals surface area contributed by atoms with Crippen LogP contribution in [0.15, 0.2) is 101 Å². The largest absolute Gasteiger partial charge is 0.454 e. The van der Waals surface area contributed by atoms with E-state index < -0.39 is 0 Å². The van der Waals surface area contributed by atoms with E-state index in [4.69, 9.17) is 4.42 Å². The quantitative estimate of drug-likeness (QED) is 0.200. The molecule has 3 nitrogen and oxygen atoms in total. The lowest BCUT2D eigenvalue weighted by Gasteiger charge is -2.22. The molecule has 0 saturated carbocycles. The van der Waals surface area contributed by atoms with E-state index in [-0.39, 0.29) is 11.2 Å². The molecule has 2 heterocycles. The number of benzene rings is 5. The van der Waals surface area contributed by atoms with Gasteiger partial charge in [0.25, 0.3) is 5.82 Å². The van der Waals surface area contributed by atoms with Crippen molar-refractivity contribution in [2.75, 3.05) is 0 Å². The third kappa shape index (κ3) is 3.89. The van der Waals surface area contributed by atoms with Crippen LogP contribution in [0.25, 0.3) is 66.6 Å². The molecular weight excluding hydrogens is 519 g/mol. The second-order valence-corrected chi connectivity index (χ2v) is 12.3. The minimum Gasteiger partial charge on any atom is -0.454 e. The zero-order valence-corrected chi connectivity index (χ0v) is 24.9. The standard InChI is InChI=1S/C38H34FN2O/c1-23-22-28(38(2,3)4)34-27-20-21-29(39)33(26-18-16-25(17-19-26)24-12-8-7-9-13-24)35(27)42-36(34)32(23)37-40(5)30-14-10-11-15-31(30)41(37)6/h7-22H,1-6H3/q+1. The van der Waals surface area contributed by atoms with Crippen molar-refractivity contribution in [2.24, 2.45) is 14.1 Å². The van der Waals surface area contributed by atoms with Gasteiger partial charge in [-0.25, -0.2) is 13.5 Å². The Bertz CT molecular complexity index is 2100. The second kappa shape index (κ2) is 9.42. The Morgan fingerprint density at radius 2 is 1.38 bits per heavy atom. The summed E-state index contributed by atoms with van der Waals surface area (Å²) >= 11 is 0. The highest BCUT2D eigenvalue weighted by Crippen LogP contribution is 2.46. The number of imidazole rings is 1. The molecule has 4 heteroatoms. The average Bonchev–Trinajstić information content (AvgIpc) is 3.48. The maximum atomic E-state index is 15.8. The molecule has 42 heavy (non-hydrogen) atoms. The number of fused-ring (bicyclic) bond motifs is 4. The fourth-order valence-corrected chi connectivity index (χ4v) is 6.54. The predicted octanol–water partition coefficient (Wildman–Crippen LogP) is 9.65. The van der Waals surface area contributed by atoms with E-state index in [0.717, 1.165) is 61.0 Å². The molecule has 208 valence electrons. The topological polar surface area (TPSA) is 21.9 Å². The zero-order valence-electron chi connectivity index (χ0n) is 24.9. The summed E-state index contributed by atoms with van der Waals surface area (Å²) in [6.45, 7) is 8.83. The Morgan fingerprint density at radius 3 is 2.07 bits per heavy atom. The van der Waals surface area contributed by atoms with E-state index in [1.165, 1.54) is 5.56 Å². The van der Waals surface area contributed by atoms with Crippen LogP contribution in [0.3, 0.4) is 0 Å². The van der Waals surface area contributed by atoms with Crippen molar-refractivity contribution in [1.82, 2.24) is 4.57 Å². The number of aromatic nitrogens is 2. The minimum absolute atomic E-state index is 0.147. The first-order chi connectivity index (χ1) is 20.1. The number of furan rings is 1. The summed E-state index contributed by atoms with van der Waals surface area (Å²) in [6, 6.07) is 32.5. The molecule has 0 N–H and O–H groups in total. The molecule has 2 aromatic heterocycles. The van der Waals surface area contributed by atoms with Gasteiger partial charge in [-0.1, -0.05) is 93.6 Å². The molecular formula is C38H34FN2O+. The van der Waals surface area contributed by atoms with Crippen LogP contribution in [0.5, 0.6) is 0 Å². The summed E-state index contributed by atoms with van der Waals surface area (Å²) in [5.74, 6) is 0.757. The smallest absolute Gasteiger partial charge is 0.293 e. The van der Waals surface area contributed by atoms with Crippen molar-refractivity contribution >= 4 is 33.0 Å². The van der Waals surface area contributed by atoms with Gasteiger partial charge in [0.15, 0.2) is 16.6 Å². The van der Waals surface area contributed by atoms with Crippen molar-refractivity contribution in [1.29, 1.82) is 0 Å². The van der Waals surface area contributed by atoms with Gasteiger partial charge in [-0.2, -0.15) is 0 Å². The molecule has 5 aromatic carbocycles. The van der Waals surface area contributed by atoms with Gasteiger partial charge < -0.3 is 4.42 Å². The van der Waals surface area contributed by atoms with Crippen LogP contribution in [0.1, 0.15) is 31.9 Å². The summed E-state index contributed by atoms with van der Waals surface area (Å²) in [6.07, 6.45) is 0. The van der Waals surface area contributed by atoms with E-state index in [1.54, 1.807) is 6.07 Å². The number of rotatable bonds is 3. The first kappa shape index (κ1) is 26.2. The first-order valence-corrected chi connectivity index (χ1v) is 14.4. The summed E-state index contributed by atoms with van der Waals surface area (Å²) in [7, 11) is 4.20. The maximum absolute atomic E-state index is 15.8. The average molecular weight is 554 g/mol. The van der Waals surface area contributed by atoms with Crippen LogP contribution >= 0.6 is 0 Å². The molecule has 0 fully saturated rings. The third-order valence-electron chi connectivity index (χ3n) is 8.61. The van der Waals surface area contributed by atoms with Crippen LogP contribution in [0.4, 0.5) is 4.39 Å².